The van der Waals surface area contributed by atoms with Gasteiger partial charge in [0, 0.05) is 6.42 Å². The summed E-state index contributed by atoms with van der Waals surface area (Å²) in [5.41, 5.74) is 0. The zero-order valence-corrected chi connectivity index (χ0v) is 13.1. The zero-order chi connectivity index (χ0) is 14.3. The molecule has 20 heavy (non-hydrogen) atoms. The van der Waals surface area contributed by atoms with Crippen molar-refractivity contribution in [3.63, 3.8) is 0 Å². The third kappa shape index (κ3) is 11.1. The summed E-state index contributed by atoms with van der Waals surface area (Å²) < 4.78 is 5.26. The van der Waals surface area contributed by atoms with Crippen molar-refractivity contribution in [1.29, 1.82) is 0 Å². The molecular weight excluding hydrogens is 248 g/mol. The first-order valence-corrected chi connectivity index (χ1v) is 8.70. The number of cyclic esters (lactones) is 1. The van der Waals surface area contributed by atoms with Crippen LogP contribution in [0.4, 0.5) is 0 Å². The summed E-state index contributed by atoms with van der Waals surface area (Å²) in [6, 6.07) is 0. The number of esters is 1. The van der Waals surface area contributed by atoms with Crippen molar-refractivity contribution in [2.24, 2.45) is 0 Å². The van der Waals surface area contributed by atoms with E-state index in [1.54, 1.807) is 0 Å². The minimum absolute atomic E-state index is 0.00542. The molecule has 0 saturated carbocycles. The van der Waals surface area contributed by atoms with Crippen molar-refractivity contribution in [2.45, 2.75) is 89.9 Å². The lowest BCUT2D eigenvalue weighted by Gasteiger charge is -2.05. The van der Waals surface area contributed by atoms with Gasteiger partial charge in [0.05, 0.1) is 6.61 Å². The highest BCUT2D eigenvalue weighted by molar-refractivity contribution is 5.69. The topological polar surface area (TPSA) is 26.3 Å². The smallest absolute Gasteiger partial charge is 0.305 e. The van der Waals surface area contributed by atoms with E-state index >= 15 is 0 Å². The lowest BCUT2D eigenvalue weighted by atomic mass is 10.1. The van der Waals surface area contributed by atoms with Gasteiger partial charge in [-0.3, -0.25) is 4.79 Å². The molecule has 1 aliphatic heterocycles. The molecule has 0 unspecified atom stereocenters. The van der Waals surface area contributed by atoms with E-state index in [2.05, 4.69) is 12.2 Å². The van der Waals surface area contributed by atoms with E-state index in [4.69, 9.17) is 4.74 Å². The second-order valence-corrected chi connectivity index (χ2v) is 5.91. The first-order valence-electron chi connectivity index (χ1n) is 8.70. The fraction of sp³-hybridized carbons (Fsp3) is 0.833. The van der Waals surface area contributed by atoms with Gasteiger partial charge in [0.2, 0.25) is 0 Å². The maximum atomic E-state index is 11.5. The van der Waals surface area contributed by atoms with Crippen molar-refractivity contribution in [2.75, 3.05) is 6.61 Å². The summed E-state index contributed by atoms with van der Waals surface area (Å²) in [6.45, 7) is 0.627. The quantitative estimate of drug-likeness (QED) is 0.429. The van der Waals surface area contributed by atoms with Gasteiger partial charge >= 0.3 is 5.97 Å². The van der Waals surface area contributed by atoms with Crippen molar-refractivity contribution in [3.05, 3.63) is 12.2 Å². The monoisotopic (exact) mass is 280 g/mol. The highest BCUT2D eigenvalue weighted by atomic mass is 16.5. The van der Waals surface area contributed by atoms with Crippen LogP contribution >= 0.6 is 0 Å². The van der Waals surface area contributed by atoms with Crippen LogP contribution in [0.5, 0.6) is 0 Å². The molecule has 0 saturated heterocycles. The Bertz CT molecular complexity index is 258. The molecule has 0 amide bonds. The van der Waals surface area contributed by atoms with Crippen molar-refractivity contribution >= 4 is 5.97 Å². The largest absolute Gasteiger partial charge is 0.466 e. The first kappa shape index (κ1) is 17.3. The van der Waals surface area contributed by atoms with Gasteiger partial charge in [-0.05, 0) is 38.5 Å². The van der Waals surface area contributed by atoms with Crippen LogP contribution in [0.15, 0.2) is 12.2 Å². The summed E-state index contributed by atoms with van der Waals surface area (Å²) in [7, 11) is 0. The van der Waals surface area contributed by atoms with Crippen molar-refractivity contribution in [3.8, 4) is 0 Å². The van der Waals surface area contributed by atoms with Crippen LogP contribution in [0.1, 0.15) is 89.9 Å². The van der Waals surface area contributed by atoms with Gasteiger partial charge < -0.3 is 4.74 Å². The predicted octanol–water partition coefficient (Wildman–Crippen LogP) is 5.56. The summed E-state index contributed by atoms with van der Waals surface area (Å²) in [6.07, 6.45) is 21.3. The number of carbonyl (C=O) groups excluding carboxylic acids is 1. The lowest BCUT2D eigenvalue weighted by Crippen LogP contribution is -2.05. The minimum atomic E-state index is 0.00542. The van der Waals surface area contributed by atoms with E-state index in [0.717, 1.165) is 12.8 Å². The van der Waals surface area contributed by atoms with E-state index < -0.39 is 0 Å². The Hall–Kier alpha value is -0.790. The number of ether oxygens (including phenoxy) is 1. The summed E-state index contributed by atoms with van der Waals surface area (Å²) in [5, 5.41) is 0. The standard InChI is InChI=1S/C18H32O2/c19-18-16-14-12-10-8-6-4-2-1-3-5-7-9-11-13-15-17-20-18/h1-2H,3-17H2/b2-1+. The van der Waals surface area contributed by atoms with Crippen LogP contribution in [0, 0.1) is 0 Å². The zero-order valence-electron chi connectivity index (χ0n) is 13.1. The summed E-state index contributed by atoms with van der Waals surface area (Å²) in [4.78, 5) is 11.5. The second kappa shape index (κ2) is 13.2. The molecule has 0 aromatic rings. The molecule has 0 spiro atoms. The van der Waals surface area contributed by atoms with E-state index in [9.17, 15) is 4.79 Å². The minimum Gasteiger partial charge on any atom is -0.466 e. The second-order valence-electron chi connectivity index (χ2n) is 5.91. The Morgan fingerprint density at radius 2 is 1.15 bits per heavy atom. The van der Waals surface area contributed by atoms with E-state index in [-0.39, 0.29) is 5.97 Å². The van der Waals surface area contributed by atoms with Crippen LogP contribution in [0.25, 0.3) is 0 Å². The maximum Gasteiger partial charge on any atom is 0.305 e. The van der Waals surface area contributed by atoms with E-state index in [1.807, 2.05) is 0 Å². The SMILES string of the molecule is O=C1CCCCCCC/C=C/CCCCCCCCO1. The molecular formula is C18H32O2. The molecule has 2 nitrogen and oxygen atoms in total. The molecule has 1 aliphatic rings. The van der Waals surface area contributed by atoms with Crippen LogP contribution in [-0.2, 0) is 9.53 Å². The molecule has 0 aromatic heterocycles. The van der Waals surface area contributed by atoms with Crippen LogP contribution in [0.3, 0.4) is 0 Å². The van der Waals surface area contributed by atoms with Gasteiger partial charge in [-0.2, -0.15) is 0 Å². The Labute approximate surface area is 125 Å². The molecule has 0 N–H and O–H groups in total. The lowest BCUT2D eigenvalue weighted by molar-refractivity contribution is -0.143. The molecule has 0 bridgehead atoms. The third-order valence-electron chi connectivity index (χ3n) is 3.95. The average molecular weight is 280 g/mol. The molecule has 0 aromatic carbocycles. The van der Waals surface area contributed by atoms with Gasteiger partial charge in [-0.15, -0.1) is 0 Å². The normalized spacial score (nSPS) is 23.9. The molecule has 0 fully saturated rings. The number of carbonyl (C=O) groups is 1. The Morgan fingerprint density at radius 1 is 0.650 bits per heavy atom. The molecule has 0 radical (unpaired) electrons. The maximum absolute atomic E-state index is 11.5. The van der Waals surface area contributed by atoms with Gasteiger partial charge in [-0.1, -0.05) is 57.1 Å². The number of hydrogen-bond acceptors (Lipinski definition) is 2. The molecule has 1 rings (SSSR count). The highest BCUT2D eigenvalue weighted by Gasteiger charge is 2.02. The number of rotatable bonds is 0. The third-order valence-corrected chi connectivity index (χ3v) is 3.95. The predicted molar refractivity (Wildman–Crippen MR) is 84.7 cm³/mol. The fourth-order valence-electron chi connectivity index (χ4n) is 2.63. The molecule has 1 heterocycles. The van der Waals surface area contributed by atoms with Gasteiger partial charge in [0.15, 0.2) is 0 Å². The summed E-state index contributed by atoms with van der Waals surface area (Å²) in [5.74, 6) is 0.00542. The van der Waals surface area contributed by atoms with Crippen LogP contribution in [0.2, 0.25) is 0 Å². The average Bonchev–Trinajstić information content (AvgIpc) is 2.45. The highest BCUT2D eigenvalue weighted by Crippen LogP contribution is 2.11. The van der Waals surface area contributed by atoms with Gasteiger partial charge in [0.25, 0.3) is 0 Å². The summed E-state index contributed by atoms with van der Waals surface area (Å²) >= 11 is 0. The van der Waals surface area contributed by atoms with Crippen LogP contribution in [-0.4, -0.2) is 12.6 Å². The Kier molecular flexibility index (Phi) is 11.4. The van der Waals surface area contributed by atoms with Gasteiger partial charge in [-0.25, -0.2) is 0 Å². The van der Waals surface area contributed by atoms with E-state index in [0.29, 0.717) is 13.0 Å². The Morgan fingerprint density at radius 3 is 1.80 bits per heavy atom. The Balaban J connectivity index is 2.15. The fourth-order valence-corrected chi connectivity index (χ4v) is 2.63. The molecule has 0 atom stereocenters. The van der Waals surface area contributed by atoms with Crippen molar-refractivity contribution < 1.29 is 9.53 Å². The molecule has 2 heteroatoms. The number of hydrogen-bond donors (Lipinski definition) is 0. The van der Waals surface area contributed by atoms with Crippen LogP contribution < -0.4 is 0 Å². The number of allylic oxidation sites excluding steroid dienone is 2. The molecule has 116 valence electrons. The first-order chi connectivity index (χ1) is 9.89. The molecule has 0 aliphatic carbocycles. The van der Waals surface area contributed by atoms with Crippen molar-refractivity contribution in [1.82, 2.24) is 0 Å². The van der Waals surface area contributed by atoms with E-state index in [1.165, 1.54) is 70.6 Å². The van der Waals surface area contributed by atoms with Gasteiger partial charge in [0.1, 0.15) is 0 Å².